The van der Waals surface area contributed by atoms with E-state index in [1.54, 1.807) is 59.0 Å². The molecule has 14 nitrogen and oxygen atoms in total. The molecule has 8 atom stereocenters. The van der Waals surface area contributed by atoms with Crippen molar-refractivity contribution >= 4 is 53.0 Å². The number of esters is 1. The van der Waals surface area contributed by atoms with Crippen LogP contribution in [0.25, 0.3) is 0 Å². The topological polar surface area (TPSA) is 175 Å². The van der Waals surface area contributed by atoms with Crippen LogP contribution in [0, 0.1) is 23.7 Å². The van der Waals surface area contributed by atoms with Crippen LogP contribution in [0.1, 0.15) is 108 Å². The van der Waals surface area contributed by atoms with Crippen molar-refractivity contribution in [2.45, 2.75) is 145 Å². The zero-order valence-electron chi connectivity index (χ0n) is 39.7. The van der Waals surface area contributed by atoms with E-state index in [4.69, 9.17) is 16.3 Å². The number of carbonyl (C=O) groups is 7. The Morgan fingerprint density at radius 3 is 2.05 bits per heavy atom. The SMILES string of the molecule is C/C=C(\C)[C@H]1OC(=O)C(C)(C)NC(=O)C([C@@H](C)CC)NC(=O)CN(C)C(=O)[C@@H](Cc2ccc(Cl)cc2)N(C)C(=O)[C@H](C)NC(=O)[C@@H](CC(C)C)N(C)C(=O)/C(C)=C/C[C@H](C)[C@@H]1C. The smallest absolute Gasteiger partial charge is 0.331 e. The van der Waals surface area contributed by atoms with Gasteiger partial charge >= 0.3 is 5.97 Å². The molecule has 0 saturated carbocycles. The number of nitrogens with one attached hydrogen (secondary N) is 3. The van der Waals surface area contributed by atoms with E-state index in [0.29, 0.717) is 35.4 Å². The number of likely N-dealkylation sites (N-methyl/N-ethyl adjacent to an activating group) is 3. The van der Waals surface area contributed by atoms with Crippen molar-refractivity contribution in [1.29, 1.82) is 0 Å². The molecular weight excluding hydrogens is 812 g/mol. The van der Waals surface area contributed by atoms with E-state index < -0.39 is 77.9 Å². The standard InChI is InChI=1S/C47H73ClN6O8/c1-16-28(5)39-42(57)51-47(11,12)46(61)62-40(29(6)17-2)32(9)30(7)18-19-31(8)43(58)53(14)36(24-27(3)4)41(56)49-33(10)44(59)54(15)37(25-34-20-22-35(48)23-21-34)45(60)52(13)26-38(55)50-39/h17,19-23,27-28,30,32-33,36-37,39-40H,16,18,24-26H2,1-15H3,(H,49,56)(H,50,55)(H,51,57)/b29-17+,31-19+/t28-,30-,32-,33-,36+,37+,39?,40+/m0/s1. The number of halogens is 1. The highest BCUT2D eigenvalue weighted by molar-refractivity contribution is 6.30. The second-order valence-electron chi connectivity index (χ2n) is 18.1. The number of rotatable bonds is 7. The number of carbonyl (C=O) groups excluding carboxylic acids is 7. The van der Waals surface area contributed by atoms with Gasteiger partial charge in [-0.05, 0) is 101 Å². The minimum absolute atomic E-state index is 0.0163. The fraction of sp³-hybridized carbons (Fsp3) is 0.638. The number of hydrogen-bond donors (Lipinski definition) is 3. The molecule has 346 valence electrons. The van der Waals surface area contributed by atoms with Gasteiger partial charge in [0, 0.05) is 38.2 Å². The Morgan fingerprint density at radius 1 is 0.903 bits per heavy atom. The summed E-state index contributed by atoms with van der Waals surface area (Å²) in [6, 6.07) is 2.60. The lowest BCUT2D eigenvalue weighted by molar-refractivity contribution is -0.159. The summed E-state index contributed by atoms with van der Waals surface area (Å²) in [5.41, 5.74) is 0.419. The highest BCUT2D eigenvalue weighted by atomic mass is 35.5. The molecule has 15 heteroatoms. The van der Waals surface area contributed by atoms with Crippen molar-refractivity contribution in [3.05, 3.63) is 58.1 Å². The molecule has 0 bridgehead atoms. The molecule has 6 amide bonds. The lowest BCUT2D eigenvalue weighted by Crippen LogP contribution is -2.60. The van der Waals surface area contributed by atoms with Crippen LogP contribution in [0.3, 0.4) is 0 Å². The minimum Gasteiger partial charge on any atom is -0.456 e. The molecule has 62 heavy (non-hydrogen) atoms. The predicted molar refractivity (Wildman–Crippen MR) is 243 cm³/mol. The Labute approximate surface area is 374 Å². The van der Waals surface area contributed by atoms with Crippen LogP contribution < -0.4 is 16.0 Å². The third-order valence-electron chi connectivity index (χ3n) is 12.1. The fourth-order valence-corrected chi connectivity index (χ4v) is 7.41. The van der Waals surface area contributed by atoms with Gasteiger partial charge in [0.05, 0.1) is 6.54 Å². The summed E-state index contributed by atoms with van der Waals surface area (Å²) in [4.78, 5) is 102. The minimum atomic E-state index is -1.50. The summed E-state index contributed by atoms with van der Waals surface area (Å²) in [5.74, 6) is -4.56. The van der Waals surface area contributed by atoms with Gasteiger partial charge < -0.3 is 35.4 Å². The highest BCUT2D eigenvalue weighted by Gasteiger charge is 2.40. The molecule has 0 spiro atoms. The van der Waals surface area contributed by atoms with Crippen molar-refractivity contribution in [2.75, 3.05) is 27.7 Å². The summed E-state index contributed by atoms with van der Waals surface area (Å²) >= 11 is 6.14. The maximum Gasteiger partial charge on any atom is 0.331 e. The van der Waals surface area contributed by atoms with E-state index in [1.165, 1.54) is 35.7 Å². The Balaban J connectivity index is 2.71. The lowest BCUT2D eigenvalue weighted by atomic mass is 9.84. The molecule has 1 unspecified atom stereocenters. The van der Waals surface area contributed by atoms with Gasteiger partial charge in [-0.15, -0.1) is 0 Å². The molecule has 1 aliphatic rings. The monoisotopic (exact) mass is 885 g/mol. The highest BCUT2D eigenvalue weighted by Crippen LogP contribution is 2.28. The Kier molecular flexibility index (Phi) is 20.4. The first-order valence-corrected chi connectivity index (χ1v) is 22.1. The molecule has 1 aliphatic heterocycles. The number of amides is 6. The molecular formula is C47H73ClN6O8. The van der Waals surface area contributed by atoms with Gasteiger partial charge in [-0.2, -0.15) is 0 Å². The van der Waals surface area contributed by atoms with Crippen molar-refractivity contribution in [1.82, 2.24) is 30.7 Å². The number of nitrogens with zero attached hydrogens (tertiary/aromatic N) is 3. The van der Waals surface area contributed by atoms with Crippen LogP contribution in [0.2, 0.25) is 5.02 Å². The van der Waals surface area contributed by atoms with Gasteiger partial charge in [0.2, 0.25) is 35.4 Å². The second kappa shape index (κ2) is 23.6. The Morgan fingerprint density at radius 2 is 1.50 bits per heavy atom. The molecule has 2 rings (SSSR count). The first kappa shape index (κ1) is 53.4. The molecule has 0 saturated heterocycles. The van der Waals surface area contributed by atoms with Crippen LogP contribution in [0.15, 0.2) is 47.6 Å². The van der Waals surface area contributed by atoms with Crippen molar-refractivity contribution in [3.8, 4) is 0 Å². The van der Waals surface area contributed by atoms with Gasteiger partial charge in [-0.1, -0.05) is 83.8 Å². The molecule has 1 aromatic carbocycles. The van der Waals surface area contributed by atoms with Crippen LogP contribution in [0.4, 0.5) is 0 Å². The van der Waals surface area contributed by atoms with E-state index in [0.717, 1.165) is 5.57 Å². The third-order valence-corrected chi connectivity index (χ3v) is 12.4. The molecule has 1 aromatic rings. The molecule has 0 aliphatic carbocycles. The molecule has 1 heterocycles. The van der Waals surface area contributed by atoms with Crippen LogP contribution >= 0.6 is 11.6 Å². The summed E-state index contributed by atoms with van der Waals surface area (Å²) < 4.78 is 6.16. The first-order chi connectivity index (χ1) is 28.8. The van der Waals surface area contributed by atoms with E-state index in [-0.39, 0.29) is 36.0 Å². The quantitative estimate of drug-likeness (QED) is 0.239. The molecule has 0 fully saturated rings. The van der Waals surface area contributed by atoms with E-state index in [1.807, 2.05) is 60.6 Å². The number of cyclic esters (lactones) is 1. The summed E-state index contributed by atoms with van der Waals surface area (Å²) in [6.07, 6.45) is 4.37. The van der Waals surface area contributed by atoms with Gasteiger partial charge in [0.15, 0.2) is 0 Å². The number of hydrogen-bond acceptors (Lipinski definition) is 8. The zero-order chi connectivity index (χ0) is 47.4. The van der Waals surface area contributed by atoms with E-state index >= 15 is 0 Å². The average Bonchev–Trinajstić information content (AvgIpc) is 3.22. The number of allylic oxidation sites excluding steroid dienone is 2. The average molecular weight is 886 g/mol. The normalized spacial score (nSPS) is 27.9. The lowest BCUT2D eigenvalue weighted by Gasteiger charge is -2.35. The first-order valence-electron chi connectivity index (χ1n) is 21.7. The number of ether oxygens (including phenoxy) is 1. The van der Waals surface area contributed by atoms with Crippen molar-refractivity contribution in [3.63, 3.8) is 0 Å². The second-order valence-corrected chi connectivity index (χ2v) is 18.6. The molecule has 0 radical (unpaired) electrons. The van der Waals surface area contributed by atoms with Crippen LogP contribution in [0.5, 0.6) is 0 Å². The summed E-state index contributed by atoms with van der Waals surface area (Å²) in [7, 11) is 4.45. The van der Waals surface area contributed by atoms with Crippen molar-refractivity contribution in [2.24, 2.45) is 23.7 Å². The van der Waals surface area contributed by atoms with Gasteiger partial charge in [-0.3, -0.25) is 28.8 Å². The Hall–Kier alpha value is -4.72. The fourth-order valence-electron chi connectivity index (χ4n) is 7.28. The number of benzene rings is 1. The van der Waals surface area contributed by atoms with Crippen LogP contribution in [-0.2, 0) is 44.7 Å². The summed E-state index contributed by atoms with van der Waals surface area (Å²) in [6.45, 7) is 21.1. The molecule has 3 N–H and O–H groups in total. The van der Waals surface area contributed by atoms with Crippen molar-refractivity contribution < 1.29 is 38.3 Å². The predicted octanol–water partition coefficient (Wildman–Crippen LogP) is 5.47. The van der Waals surface area contributed by atoms with Gasteiger partial charge in [0.25, 0.3) is 0 Å². The van der Waals surface area contributed by atoms with E-state index in [2.05, 4.69) is 16.0 Å². The zero-order valence-corrected chi connectivity index (χ0v) is 40.4. The third kappa shape index (κ3) is 14.7. The van der Waals surface area contributed by atoms with Gasteiger partial charge in [-0.25, -0.2) is 4.79 Å². The largest absolute Gasteiger partial charge is 0.456 e. The maximum absolute atomic E-state index is 14.3. The van der Waals surface area contributed by atoms with Gasteiger partial charge in [0.1, 0.15) is 35.8 Å². The summed E-state index contributed by atoms with van der Waals surface area (Å²) in [5, 5.41) is 8.86. The maximum atomic E-state index is 14.3. The van der Waals surface area contributed by atoms with E-state index in [9.17, 15) is 33.6 Å². The Bertz CT molecular complexity index is 1830. The molecule has 0 aromatic heterocycles. The van der Waals surface area contributed by atoms with Crippen LogP contribution in [-0.4, -0.2) is 120 Å².